The van der Waals surface area contributed by atoms with E-state index in [0.29, 0.717) is 16.8 Å². The molecule has 1 aromatic heterocycles. The van der Waals surface area contributed by atoms with Gasteiger partial charge in [-0.2, -0.15) is 5.26 Å². The summed E-state index contributed by atoms with van der Waals surface area (Å²) in [4.78, 5) is 12.6. The van der Waals surface area contributed by atoms with Crippen molar-refractivity contribution in [2.75, 3.05) is 0 Å². The van der Waals surface area contributed by atoms with Gasteiger partial charge in [0.15, 0.2) is 0 Å². The largest absolute Gasteiger partial charge is 0.472 e. The predicted molar refractivity (Wildman–Crippen MR) is 114 cm³/mol. The number of allylic oxidation sites excluding steroid dienone is 2. The van der Waals surface area contributed by atoms with E-state index in [4.69, 9.17) is 4.42 Å². The minimum absolute atomic E-state index is 0.294. The molecule has 3 rings (SSSR count). The third kappa shape index (κ3) is 5.03. The van der Waals surface area contributed by atoms with Gasteiger partial charge in [0.1, 0.15) is 12.3 Å². The van der Waals surface area contributed by atoms with Crippen LogP contribution in [-0.2, 0) is 6.42 Å². The number of carbonyl (C=O) groups excluding carboxylic acids is 1. The first-order valence-electron chi connectivity index (χ1n) is 9.50. The summed E-state index contributed by atoms with van der Waals surface area (Å²) >= 11 is 0. The molecule has 0 aliphatic carbocycles. The first kappa shape index (κ1) is 20.2. The summed E-state index contributed by atoms with van der Waals surface area (Å²) in [5.74, 6) is -0.294. The first-order valence-corrected chi connectivity index (χ1v) is 9.50. The number of furan rings is 1. The van der Waals surface area contributed by atoms with Crippen LogP contribution in [0.3, 0.4) is 0 Å². The molecular weight excluding hydrogens is 360 g/mol. The molecule has 0 fully saturated rings. The Bertz CT molecular complexity index is 1030. The van der Waals surface area contributed by atoms with Gasteiger partial charge in [-0.25, -0.2) is 0 Å². The zero-order valence-corrected chi connectivity index (χ0v) is 16.9. The zero-order valence-electron chi connectivity index (χ0n) is 16.9. The molecule has 2 aromatic carbocycles. The van der Waals surface area contributed by atoms with Gasteiger partial charge in [0.25, 0.3) is 5.91 Å². The number of nitrogens with one attached hydrogen (secondary N) is 1. The Balaban J connectivity index is 1.91. The molecule has 0 aliphatic heterocycles. The van der Waals surface area contributed by atoms with E-state index in [2.05, 4.69) is 23.5 Å². The van der Waals surface area contributed by atoms with Crippen molar-refractivity contribution in [3.63, 3.8) is 0 Å². The summed E-state index contributed by atoms with van der Waals surface area (Å²) in [5.41, 5.74) is 4.22. The van der Waals surface area contributed by atoms with Crippen molar-refractivity contribution in [3.05, 3.63) is 101 Å². The normalized spacial score (nSPS) is 12.1. The van der Waals surface area contributed by atoms with Crippen molar-refractivity contribution in [1.82, 2.24) is 5.32 Å². The van der Waals surface area contributed by atoms with Crippen molar-refractivity contribution in [2.24, 2.45) is 5.41 Å². The second kappa shape index (κ2) is 8.62. The average Bonchev–Trinajstić information content (AvgIpc) is 3.24. The maximum absolute atomic E-state index is 12.6. The van der Waals surface area contributed by atoms with E-state index in [9.17, 15) is 10.1 Å². The Hall–Kier alpha value is -3.58. The van der Waals surface area contributed by atoms with Crippen LogP contribution >= 0.6 is 0 Å². The van der Waals surface area contributed by atoms with E-state index < -0.39 is 5.41 Å². The molecule has 0 bridgehead atoms. The fourth-order valence-electron chi connectivity index (χ4n) is 3.09. The Labute approximate surface area is 171 Å². The van der Waals surface area contributed by atoms with Crippen LogP contribution in [0.4, 0.5) is 0 Å². The number of benzene rings is 2. The number of rotatable bonds is 5. The van der Waals surface area contributed by atoms with Gasteiger partial charge < -0.3 is 9.73 Å². The molecule has 146 valence electrons. The standard InChI is InChI=1S/C25H24N2O2/c1-25(2,3)23(27-24(28)21-13-14-29-17-21)22(16-26)20-11-9-19(10-12-20)15-18-7-5-4-6-8-18/h4-14,17H,15H2,1-3H3,(H,27,28)/b23-22-. The van der Waals surface area contributed by atoms with Crippen LogP contribution in [-0.4, -0.2) is 5.91 Å². The lowest BCUT2D eigenvalue weighted by atomic mass is 9.86. The van der Waals surface area contributed by atoms with Gasteiger partial charge in [0, 0.05) is 11.1 Å². The quantitative estimate of drug-likeness (QED) is 0.584. The molecule has 3 aromatic rings. The monoisotopic (exact) mass is 384 g/mol. The predicted octanol–water partition coefficient (Wildman–Crippen LogP) is 5.58. The topological polar surface area (TPSA) is 66.0 Å². The van der Waals surface area contributed by atoms with Gasteiger partial charge in [-0.1, -0.05) is 75.4 Å². The molecule has 0 atom stereocenters. The van der Waals surface area contributed by atoms with Crippen molar-refractivity contribution in [1.29, 1.82) is 5.26 Å². The van der Waals surface area contributed by atoms with Gasteiger partial charge in [-0.05, 0) is 29.2 Å². The highest BCUT2D eigenvalue weighted by atomic mass is 16.3. The zero-order chi connectivity index (χ0) is 20.9. The van der Waals surface area contributed by atoms with Crippen LogP contribution in [0.25, 0.3) is 5.57 Å². The van der Waals surface area contributed by atoms with Crippen LogP contribution in [0.1, 0.15) is 47.8 Å². The van der Waals surface area contributed by atoms with Gasteiger partial charge in [-0.15, -0.1) is 0 Å². The van der Waals surface area contributed by atoms with Gasteiger partial charge >= 0.3 is 0 Å². The van der Waals surface area contributed by atoms with Crippen molar-refractivity contribution in [2.45, 2.75) is 27.2 Å². The van der Waals surface area contributed by atoms with Crippen LogP contribution < -0.4 is 5.32 Å². The molecule has 1 N–H and O–H groups in total. The maximum atomic E-state index is 12.6. The van der Waals surface area contributed by atoms with Crippen molar-refractivity contribution < 1.29 is 9.21 Å². The molecule has 0 unspecified atom stereocenters. The number of amides is 1. The number of carbonyl (C=O) groups is 1. The maximum Gasteiger partial charge on any atom is 0.258 e. The summed E-state index contributed by atoms with van der Waals surface area (Å²) in [6.07, 6.45) is 3.67. The van der Waals surface area contributed by atoms with Crippen LogP contribution in [0.2, 0.25) is 0 Å². The third-order valence-corrected chi connectivity index (χ3v) is 4.63. The molecule has 4 heteroatoms. The summed E-state index contributed by atoms with van der Waals surface area (Å²) in [6, 6.07) is 22.1. The number of nitrogens with zero attached hydrogens (tertiary/aromatic N) is 1. The second-order valence-electron chi connectivity index (χ2n) is 7.94. The van der Waals surface area contributed by atoms with Crippen molar-refractivity contribution >= 4 is 11.5 Å². The van der Waals surface area contributed by atoms with E-state index in [1.807, 2.05) is 63.2 Å². The van der Waals surface area contributed by atoms with E-state index in [1.54, 1.807) is 6.07 Å². The highest BCUT2D eigenvalue weighted by Gasteiger charge is 2.25. The third-order valence-electron chi connectivity index (χ3n) is 4.63. The number of hydrogen-bond donors (Lipinski definition) is 1. The highest BCUT2D eigenvalue weighted by Crippen LogP contribution is 2.31. The fourth-order valence-corrected chi connectivity index (χ4v) is 3.09. The number of nitriles is 1. The molecule has 1 heterocycles. The smallest absolute Gasteiger partial charge is 0.258 e. The molecule has 0 saturated heterocycles. The molecule has 0 saturated carbocycles. The molecule has 0 radical (unpaired) electrons. The SMILES string of the molecule is CC(C)(C)/C(NC(=O)c1ccoc1)=C(\C#N)c1ccc(Cc2ccccc2)cc1. The van der Waals surface area contributed by atoms with Crippen LogP contribution in [0.15, 0.2) is 83.3 Å². The highest BCUT2D eigenvalue weighted by molar-refractivity contribution is 5.96. The van der Waals surface area contributed by atoms with E-state index in [0.717, 1.165) is 17.5 Å². The number of hydrogen-bond acceptors (Lipinski definition) is 3. The Kier molecular flexibility index (Phi) is 5.99. The van der Waals surface area contributed by atoms with E-state index in [1.165, 1.54) is 18.1 Å². The summed E-state index contributed by atoms with van der Waals surface area (Å²) in [6.45, 7) is 5.91. The van der Waals surface area contributed by atoms with E-state index >= 15 is 0 Å². The van der Waals surface area contributed by atoms with Crippen LogP contribution in [0.5, 0.6) is 0 Å². The molecule has 1 amide bonds. The minimum atomic E-state index is -0.423. The summed E-state index contributed by atoms with van der Waals surface area (Å²) < 4.78 is 4.99. The fraction of sp³-hybridized carbons (Fsp3) is 0.200. The molecule has 0 spiro atoms. The van der Waals surface area contributed by atoms with E-state index in [-0.39, 0.29) is 5.91 Å². The second-order valence-corrected chi connectivity index (χ2v) is 7.94. The first-order chi connectivity index (χ1) is 13.9. The van der Waals surface area contributed by atoms with Gasteiger partial charge in [0.2, 0.25) is 0 Å². The molecule has 29 heavy (non-hydrogen) atoms. The minimum Gasteiger partial charge on any atom is -0.472 e. The Morgan fingerprint density at radius 1 is 0.966 bits per heavy atom. The lowest BCUT2D eigenvalue weighted by molar-refractivity contribution is 0.0957. The van der Waals surface area contributed by atoms with Gasteiger partial charge in [-0.3, -0.25) is 4.79 Å². The lowest BCUT2D eigenvalue weighted by Crippen LogP contribution is -2.31. The van der Waals surface area contributed by atoms with Crippen molar-refractivity contribution in [3.8, 4) is 6.07 Å². The molecule has 0 aliphatic rings. The molecular formula is C25H24N2O2. The Morgan fingerprint density at radius 2 is 1.62 bits per heavy atom. The van der Waals surface area contributed by atoms with Gasteiger partial charge in [0.05, 0.1) is 17.4 Å². The summed E-state index contributed by atoms with van der Waals surface area (Å²) in [5, 5.41) is 12.8. The van der Waals surface area contributed by atoms with Crippen LogP contribution in [0, 0.1) is 16.7 Å². The average molecular weight is 384 g/mol. The molecule has 4 nitrogen and oxygen atoms in total. The summed E-state index contributed by atoms with van der Waals surface area (Å²) in [7, 11) is 0. The lowest BCUT2D eigenvalue weighted by Gasteiger charge is -2.25. The Morgan fingerprint density at radius 3 is 2.17 bits per heavy atom.